The number of aliphatic hydroxyl groups excluding tert-OH is 2. The number of hydrogen-bond acceptors (Lipinski definition) is 9. The van der Waals surface area contributed by atoms with Crippen molar-refractivity contribution >= 4 is 23.2 Å². The highest BCUT2D eigenvalue weighted by Crippen LogP contribution is 2.53. The van der Waals surface area contributed by atoms with Gasteiger partial charge in [0, 0.05) is 24.0 Å². The molecule has 3 aliphatic carbocycles. The molecule has 1 heterocycles. The molecule has 0 bridgehead atoms. The second-order valence-electron chi connectivity index (χ2n) is 10.0. The van der Waals surface area contributed by atoms with Gasteiger partial charge in [-0.25, -0.2) is 0 Å². The van der Waals surface area contributed by atoms with E-state index in [1.165, 1.54) is 11.0 Å². The van der Waals surface area contributed by atoms with Crippen molar-refractivity contribution < 1.29 is 39.5 Å². The highest BCUT2D eigenvalue weighted by atomic mass is 16.5. The Hall–Kier alpha value is -3.21. The molecule has 5 rings (SSSR count). The Labute approximate surface area is 201 Å². The van der Waals surface area contributed by atoms with Gasteiger partial charge in [0.1, 0.15) is 22.8 Å². The van der Waals surface area contributed by atoms with Crippen molar-refractivity contribution in [2.75, 3.05) is 27.3 Å². The van der Waals surface area contributed by atoms with E-state index in [1.807, 2.05) is 0 Å². The van der Waals surface area contributed by atoms with Crippen LogP contribution in [0.5, 0.6) is 5.75 Å². The second kappa shape index (κ2) is 7.91. The maximum absolute atomic E-state index is 13.8. The van der Waals surface area contributed by atoms with Crippen molar-refractivity contribution in [2.45, 2.75) is 36.8 Å². The van der Waals surface area contributed by atoms with Gasteiger partial charge in [-0.05, 0) is 56.5 Å². The first-order valence-electron chi connectivity index (χ1n) is 11.6. The third-order valence-electron chi connectivity index (χ3n) is 8.01. The van der Waals surface area contributed by atoms with Gasteiger partial charge in [-0.2, -0.15) is 0 Å². The highest BCUT2D eigenvalue weighted by molar-refractivity contribution is 6.24. The summed E-state index contributed by atoms with van der Waals surface area (Å²) < 4.78 is 5.52. The summed E-state index contributed by atoms with van der Waals surface area (Å²) in [6, 6.07) is 2.16. The normalized spacial score (nSPS) is 32.6. The van der Waals surface area contributed by atoms with Crippen LogP contribution in [0.15, 0.2) is 29.0 Å². The third kappa shape index (κ3) is 3.10. The molecule has 4 aliphatic rings. The van der Waals surface area contributed by atoms with Gasteiger partial charge in [-0.15, -0.1) is 0 Å². The number of hydrogen-bond donors (Lipinski definition) is 5. The van der Waals surface area contributed by atoms with Gasteiger partial charge in [0.05, 0.1) is 18.2 Å². The SMILES string of the molecule is CN(C)[C@H]1C(=O)C(C(N)=O)=C(O)[C@@]2(O)C(=O)C3=C(O)c4c(O)ccc(C5CCOC5)c4C[C@@H]3C[C@@H]12. The van der Waals surface area contributed by atoms with Gasteiger partial charge in [0.25, 0.3) is 5.91 Å². The summed E-state index contributed by atoms with van der Waals surface area (Å²) in [5.41, 5.74) is 3.47. The fourth-order valence-corrected chi connectivity index (χ4v) is 6.43. The van der Waals surface area contributed by atoms with Crippen molar-refractivity contribution in [1.29, 1.82) is 0 Å². The van der Waals surface area contributed by atoms with E-state index in [2.05, 4.69) is 0 Å². The van der Waals surface area contributed by atoms with Gasteiger partial charge in [0.2, 0.25) is 5.78 Å². The fraction of sp³-hybridized carbons (Fsp3) is 0.480. The van der Waals surface area contributed by atoms with Gasteiger partial charge in [0.15, 0.2) is 11.4 Å². The van der Waals surface area contributed by atoms with Crippen LogP contribution < -0.4 is 5.73 Å². The minimum Gasteiger partial charge on any atom is -0.508 e. The van der Waals surface area contributed by atoms with Gasteiger partial charge < -0.3 is 30.9 Å². The third-order valence-corrected chi connectivity index (χ3v) is 8.01. The average molecular weight is 485 g/mol. The molecule has 1 unspecified atom stereocenters. The number of ketones is 2. The molecule has 0 spiro atoms. The number of Topliss-reactive ketones (excluding diaryl/α,β-unsaturated/α-hetero) is 2. The average Bonchev–Trinajstić information content (AvgIpc) is 3.30. The van der Waals surface area contributed by atoms with Crippen LogP contribution in [0.3, 0.4) is 0 Å². The number of aromatic hydroxyl groups is 1. The molecule has 1 amide bonds. The Morgan fingerprint density at radius 2 is 1.89 bits per heavy atom. The number of carbonyl (C=O) groups excluding carboxylic acids is 3. The number of nitrogens with two attached hydrogens (primary N) is 1. The summed E-state index contributed by atoms with van der Waals surface area (Å²) in [6.07, 6.45) is 1.14. The predicted octanol–water partition coefficient (Wildman–Crippen LogP) is 0.468. The minimum atomic E-state index is -2.63. The molecule has 0 radical (unpaired) electrons. The first-order valence-corrected chi connectivity index (χ1v) is 11.6. The van der Waals surface area contributed by atoms with Crippen LogP contribution in [0.2, 0.25) is 0 Å². The molecule has 1 aliphatic heterocycles. The first kappa shape index (κ1) is 23.5. The number of rotatable bonds is 3. The summed E-state index contributed by atoms with van der Waals surface area (Å²) in [5, 5.41) is 44.3. The van der Waals surface area contributed by atoms with Crippen LogP contribution in [0.25, 0.3) is 5.76 Å². The molecule has 2 fully saturated rings. The predicted molar refractivity (Wildman–Crippen MR) is 122 cm³/mol. The van der Waals surface area contributed by atoms with E-state index in [0.29, 0.717) is 18.8 Å². The van der Waals surface area contributed by atoms with Crippen LogP contribution in [0.1, 0.15) is 35.4 Å². The van der Waals surface area contributed by atoms with E-state index in [9.17, 15) is 34.8 Å². The molecular formula is C25H28N2O8. The zero-order valence-electron chi connectivity index (χ0n) is 19.4. The van der Waals surface area contributed by atoms with E-state index in [4.69, 9.17) is 10.5 Å². The molecule has 1 aromatic rings. The molecule has 35 heavy (non-hydrogen) atoms. The number of carbonyl (C=O) groups is 3. The monoisotopic (exact) mass is 484 g/mol. The van der Waals surface area contributed by atoms with E-state index in [0.717, 1.165) is 12.0 Å². The van der Waals surface area contributed by atoms with Crippen molar-refractivity contribution in [1.82, 2.24) is 4.90 Å². The number of primary amides is 1. The number of benzene rings is 1. The maximum atomic E-state index is 13.8. The molecule has 186 valence electrons. The number of aliphatic hydroxyl groups is 3. The number of nitrogens with zero attached hydrogens (tertiary/aromatic N) is 1. The number of likely N-dealkylation sites (N-methyl/N-ethyl adjacent to an activating group) is 1. The van der Waals surface area contributed by atoms with Crippen LogP contribution in [-0.2, 0) is 25.5 Å². The summed E-state index contributed by atoms with van der Waals surface area (Å²) in [6.45, 7) is 1.11. The van der Waals surface area contributed by atoms with Crippen LogP contribution >= 0.6 is 0 Å². The van der Waals surface area contributed by atoms with Gasteiger partial charge >= 0.3 is 0 Å². The first-order chi connectivity index (χ1) is 16.5. The molecule has 1 aromatic carbocycles. The van der Waals surface area contributed by atoms with E-state index >= 15 is 0 Å². The molecular weight excluding hydrogens is 456 g/mol. The van der Waals surface area contributed by atoms with E-state index in [-0.39, 0.29) is 35.6 Å². The Balaban J connectivity index is 1.72. The smallest absolute Gasteiger partial charge is 0.255 e. The molecule has 1 saturated carbocycles. The van der Waals surface area contributed by atoms with Crippen molar-refractivity contribution in [2.24, 2.45) is 17.6 Å². The molecule has 10 nitrogen and oxygen atoms in total. The lowest BCUT2D eigenvalue weighted by molar-refractivity contribution is -0.153. The lowest BCUT2D eigenvalue weighted by atomic mass is 9.57. The van der Waals surface area contributed by atoms with Crippen molar-refractivity contribution in [3.63, 3.8) is 0 Å². The summed E-state index contributed by atoms with van der Waals surface area (Å²) in [5.74, 6) is -6.40. The highest BCUT2D eigenvalue weighted by Gasteiger charge is 2.64. The Morgan fingerprint density at radius 1 is 1.17 bits per heavy atom. The van der Waals surface area contributed by atoms with Crippen LogP contribution in [0, 0.1) is 11.8 Å². The van der Waals surface area contributed by atoms with Crippen molar-refractivity contribution in [3.05, 3.63) is 45.7 Å². The number of amides is 1. The van der Waals surface area contributed by atoms with Crippen LogP contribution in [0.4, 0.5) is 0 Å². The van der Waals surface area contributed by atoms with Crippen molar-refractivity contribution in [3.8, 4) is 5.75 Å². The number of ether oxygens (including phenoxy) is 1. The fourth-order valence-electron chi connectivity index (χ4n) is 6.43. The largest absolute Gasteiger partial charge is 0.508 e. The topological polar surface area (TPSA) is 171 Å². The Bertz CT molecular complexity index is 1230. The second-order valence-corrected chi connectivity index (χ2v) is 10.0. The Kier molecular flexibility index (Phi) is 5.31. The quantitative estimate of drug-likeness (QED) is 0.383. The minimum absolute atomic E-state index is 0.0715. The lowest BCUT2D eigenvalue weighted by Crippen LogP contribution is -2.65. The molecule has 1 saturated heterocycles. The van der Waals surface area contributed by atoms with E-state index < -0.39 is 58.0 Å². The molecule has 6 N–H and O–H groups in total. The van der Waals surface area contributed by atoms with Crippen LogP contribution in [-0.4, -0.2) is 81.8 Å². The number of phenolic OH excluding ortho intramolecular Hbond substituents is 1. The van der Waals surface area contributed by atoms with E-state index in [1.54, 1.807) is 20.2 Å². The molecule has 5 atom stereocenters. The summed E-state index contributed by atoms with van der Waals surface area (Å²) in [7, 11) is 3.15. The number of fused-ring (bicyclic) bond motifs is 3. The number of phenols is 1. The molecule has 0 aromatic heterocycles. The van der Waals surface area contributed by atoms with Gasteiger partial charge in [-0.3, -0.25) is 19.3 Å². The summed E-state index contributed by atoms with van der Waals surface area (Å²) >= 11 is 0. The van der Waals surface area contributed by atoms with Gasteiger partial charge in [-0.1, -0.05) is 6.07 Å². The standard InChI is InChI=1S/C25H28N2O8/c1-27(2)19-14-8-11-7-13-12(10-5-6-35-9-10)3-4-15(28)17(13)20(29)16(11)22(31)25(14,34)23(32)18(21(19)30)24(26)33/h3-4,10-11,14,19,28-29,32,34H,5-9H2,1-2H3,(H2,26,33)/t10?,11-,14+,19-,25+/m1/s1. The zero-order chi connectivity index (χ0) is 25.4. The molecule has 10 heteroatoms. The summed E-state index contributed by atoms with van der Waals surface area (Å²) in [4.78, 5) is 40.4. The lowest BCUT2D eigenvalue weighted by Gasteiger charge is -2.50. The zero-order valence-corrected chi connectivity index (χ0v) is 19.4. The maximum Gasteiger partial charge on any atom is 0.255 e. The Morgan fingerprint density at radius 3 is 2.49 bits per heavy atom.